The lowest BCUT2D eigenvalue weighted by Gasteiger charge is -2.07. The van der Waals surface area contributed by atoms with Gasteiger partial charge in [-0.3, -0.25) is 25.4 Å². The number of rotatable bonds is 4. The van der Waals surface area contributed by atoms with Crippen molar-refractivity contribution in [1.29, 1.82) is 0 Å². The molecular weight excluding hydrogens is 270 g/mol. The quantitative estimate of drug-likeness (QED) is 0.835. The number of carbonyl (C=O) groups is 2. The summed E-state index contributed by atoms with van der Waals surface area (Å²) in [7, 11) is 0. The second-order valence-electron chi connectivity index (χ2n) is 4.08. The summed E-state index contributed by atoms with van der Waals surface area (Å²) in [5.74, 6) is -0.205. The second-order valence-corrected chi connectivity index (χ2v) is 4.08. The zero-order valence-electron chi connectivity index (χ0n) is 11.5. The number of pyridine rings is 1. The Morgan fingerprint density at radius 3 is 2.38 bits per heavy atom. The van der Waals surface area contributed by atoms with Gasteiger partial charge in [-0.15, -0.1) is 0 Å². The average Bonchev–Trinajstić information content (AvgIpc) is 2.54. The van der Waals surface area contributed by atoms with Crippen molar-refractivity contribution in [1.82, 2.24) is 15.8 Å². The van der Waals surface area contributed by atoms with E-state index in [0.29, 0.717) is 17.9 Å². The predicted octanol–water partition coefficient (Wildman–Crippen LogP) is 1.56. The first kappa shape index (κ1) is 14.5. The zero-order chi connectivity index (χ0) is 15.1. The third-order valence-corrected chi connectivity index (χ3v) is 2.61. The Hall–Kier alpha value is -2.89. The third kappa shape index (κ3) is 4.04. The van der Waals surface area contributed by atoms with Crippen LogP contribution in [-0.4, -0.2) is 23.4 Å². The fraction of sp³-hybridized carbons (Fsp3) is 0.133. The Balaban J connectivity index is 1.91. The molecule has 0 spiro atoms. The van der Waals surface area contributed by atoms with E-state index in [1.807, 2.05) is 6.92 Å². The van der Waals surface area contributed by atoms with E-state index in [0.717, 1.165) is 0 Å². The fourth-order valence-corrected chi connectivity index (χ4v) is 1.62. The van der Waals surface area contributed by atoms with Crippen molar-refractivity contribution in [3.63, 3.8) is 0 Å². The molecule has 6 nitrogen and oxygen atoms in total. The zero-order valence-corrected chi connectivity index (χ0v) is 11.5. The molecule has 2 rings (SSSR count). The van der Waals surface area contributed by atoms with Crippen molar-refractivity contribution in [3.8, 4) is 5.75 Å². The lowest BCUT2D eigenvalue weighted by molar-refractivity contribution is 0.0844. The summed E-state index contributed by atoms with van der Waals surface area (Å²) in [5, 5.41) is 0. The lowest BCUT2D eigenvalue weighted by atomic mass is 10.2. The second kappa shape index (κ2) is 7.04. The molecular formula is C15H15N3O3. The van der Waals surface area contributed by atoms with Gasteiger partial charge in [-0.2, -0.15) is 0 Å². The number of carbonyl (C=O) groups excluding carboxylic acids is 2. The van der Waals surface area contributed by atoms with E-state index in [4.69, 9.17) is 4.74 Å². The summed E-state index contributed by atoms with van der Waals surface area (Å²) in [5.41, 5.74) is 5.28. The molecule has 0 radical (unpaired) electrons. The van der Waals surface area contributed by atoms with E-state index in [1.165, 1.54) is 6.20 Å². The molecule has 0 saturated carbocycles. The van der Waals surface area contributed by atoms with Crippen LogP contribution >= 0.6 is 0 Å². The minimum absolute atomic E-state index is 0.226. The minimum Gasteiger partial charge on any atom is -0.494 e. The van der Waals surface area contributed by atoms with Crippen LogP contribution in [0, 0.1) is 0 Å². The fourth-order valence-electron chi connectivity index (χ4n) is 1.62. The van der Waals surface area contributed by atoms with E-state index in [2.05, 4.69) is 15.8 Å². The monoisotopic (exact) mass is 285 g/mol. The van der Waals surface area contributed by atoms with Crippen LogP contribution in [0.15, 0.2) is 48.7 Å². The highest BCUT2D eigenvalue weighted by atomic mass is 16.5. The molecule has 1 aromatic carbocycles. The molecule has 0 fully saturated rings. The van der Waals surface area contributed by atoms with Crippen LogP contribution in [0.1, 0.15) is 27.8 Å². The molecule has 0 aliphatic heterocycles. The van der Waals surface area contributed by atoms with Crippen molar-refractivity contribution in [2.45, 2.75) is 6.92 Å². The molecule has 0 aliphatic rings. The van der Waals surface area contributed by atoms with Crippen molar-refractivity contribution in [3.05, 3.63) is 59.9 Å². The Morgan fingerprint density at radius 1 is 1.05 bits per heavy atom. The van der Waals surface area contributed by atoms with Crippen LogP contribution in [-0.2, 0) is 0 Å². The summed E-state index contributed by atoms with van der Waals surface area (Å²) in [6, 6.07) is 11.6. The van der Waals surface area contributed by atoms with Gasteiger partial charge in [0.05, 0.1) is 6.61 Å². The van der Waals surface area contributed by atoms with Crippen molar-refractivity contribution in [2.75, 3.05) is 6.61 Å². The van der Waals surface area contributed by atoms with Gasteiger partial charge in [-0.05, 0) is 43.3 Å². The van der Waals surface area contributed by atoms with Crippen molar-refractivity contribution < 1.29 is 14.3 Å². The first-order valence-corrected chi connectivity index (χ1v) is 6.45. The van der Waals surface area contributed by atoms with E-state index in [1.54, 1.807) is 42.5 Å². The first-order valence-electron chi connectivity index (χ1n) is 6.45. The highest BCUT2D eigenvalue weighted by molar-refractivity contribution is 5.98. The number of benzene rings is 1. The summed E-state index contributed by atoms with van der Waals surface area (Å²) in [6.45, 7) is 2.44. The van der Waals surface area contributed by atoms with Crippen LogP contribution in [0.25, 0.3) is 0 Å². The number of nitrogens with one attached hydrogen (secondary N) is 2. The van der Waals surface area contributed by atoms with E-state index >= 15 is 0 Å². The number of hydrogen-bond acceptors (Lipinski definition) is 4. The van der Waals surface area contributed by atoms with Gasteiger partial charge in [0.15, 0.2) is 0 Å². The maximum atomic E-state index is 11.9. The predicted molar refractivity (Wildman–Crippen MR) is 76.8 cm³/mol. The Kier molecular flexibility index (Phi) is 4.87. The summed E-state index contributed by atoms with van der Waals surface area (Å²) < 4.78 is 5.29. The van der Waals surface area contributed by atoms with Gasteiger partial charge >= 0.3 is 0 Å². The molecule has 2 amide bonds. The number of nitrogens with zero attached hydrogens (tertiary/aromatic N) is 1. The Labute approximate surface area is 122 Å². The molecule has 0 atom stereocenters. The normalized spacial score (nSPS) is 9.76. The van der Waals surface area contributed by atoms with Crippen LogP contribution < -0.4 is 15.6 Å². The molecule has 1 aromatic heterocycles. The number of amides is 2. The molecule has 21 heavy (non-hydrogen) atoms. The smallest absolute Gasteiger partial charge is 0.288 e. The van der Waals surface area contributed by atoms with Gasteiger partial charge in [0.1, 0.15) is 11.4 Å². The molecule has 2 aromatic rings. The number of hydrogen-bond donors (Lipinski definition) is 2. The summed E-state index contributed by atoms with van der Waals surface area (Å²) in [6.07, 6.45) is 1.50. The highest BCUT2D eigenvalue weighted by Gasteiger charge is 2.09. The number of aromatic nitrogens is 1. The van der Waals surface area contributed by atoms with Gasteiger partial charge < -0.3 is 4.74 Å². The standard InChI is InChI=1S/C15H15N3O3/c1-2-21-12-8-6-11(7-9-12)14(19)17-18-15(20)13-5-3-4-10-16-13/h3-10H,2H2,1H3,(H,17,19)(H,18,20). The molecule has 0 bridgehead atoms. The molecule has 6 heteroatoms. The van der Waals surface area contributed by atoms with Gasteiger partial charge in [-0.25, -0.2) is 0 Å². The highest BCUT2D eigenvalue weighted by Crippen LogP contribution is 2.11. The largest absolute Gasteiger partial charge is 0.494 e. The topological polar surface area (TPSA) is 80.3 Å². The average molecular weight is 285 g/mol. The van der Waals surface area contributed by atoms with Crippen LogP contribution in [0.3, 0.4) is 0 Å². The Morgan fingerprint density at radius 2 is 1.76 bits per heavy atom. The van der Waals surface area contributed by atoms with Gasteiger partial charge in [0.25, 0.3) is 11.8 Å². The molecule has 2 N–H and O–H groups in total. The van der Waals surface area contributed by atoms with E-state index in [-0.39, 0.29) is 5.69 Å². The third-order valence-electron chi connectivity index (χ3n) is 2.61. The van der Waals surface area contributed by atoms with E-state index in [9.17, 15) is 9.59 Å². The van der Waals surface area contributed by atoms with Crippen LogP contribution in [0.5, 0.6) is 5.75 Å². The first-order chi connectivity index (χ1) is 10.2. The number of hydrazine groups is 1. The Bertz CT molecular complexity index is 612. The molecule has 0 saturated heterocycles. The summed E-state index contributed by atoms with van der Waals surface area (Å²) >= 11 is 0. The van der Waals surface area contributed by atoms with Gasteiger partial charge in [0.2, 0.25) is 0 Å². The SMILES string of the molecule is CCOc1ccc(C(=O)NNC(=O)c2ccccn2)cc1. The van der Waals surface area contributed by atoms with E-state index < -0.39 is 11.8 Å². The maximum Gasteiger partial charge on any atom is 0.288 e. The maximum absolute atomic E-state index is 11.9. The van der Waals surface area contributed by atoms with Gasteiger partial charge in [0, 0.05) is 11.8 Å². The molecule has 0 aliphatic carbocycles. The molecule has 108 valence electrons. The van der Waals surface area contributed by atoms with Gasteiger partial charge in [-0.1, -0.05) is 6.07 Å². The van der Waals surface area contributed by atoms with Crippen LogP contribution in [0.2, 0.25) is 0 Å². The molecule has 1 heterocycles. The number of ether oxygens (including phenoxy) is 1. The van der Waals surface area contributed by atoms with Crippen molar-refractivity contribution >= 4 is 11.8 Å². The minimum atomic E-state index is -0.477. The lowest BCUT2D eigenvalue weighted by Crippen LogP contribution is -2.41. The van der Waals surface area contributed by atoms with Crippen molar-refractivity contribution in [2.24, 2.45) is 0 Å². The molecule has 0 unspecified atom stereocenters. The summed E-state index contributed by atoms with van der Waals surface area (Å²) in [4.78, 5) is 27.5. The van der Waals surface area contributed by atoms with Crippen LogP contribution in [0.4, 0.5) is 0 Å².